The summed E-state index contributed by atoms with van der Waals surface area (Å²) in [7, 11) is 1.97. The Balaban J connectivity index is 1.54. The second kappa shape index (κ2) is 11.5. The molecule has 2 unspecified atom stereocenters. The Bertz CT molecular complexity index is 635. The van der Waals surface area contributed by atoms with Crippen molar-refractivity contribution in [3.8, 4) is 0 Å². The van der Waals surface area contributed by atoms with Gasteiger partial charge >= 0.3 is 0 Å². The van der Waals surface area contributed by atoms with Crippen LogP contribution in [0, 0.1) is 12.8 Å². The Morgan fingerprint density at radius 3 is 2.72 bits per heavy atom. The highest BCUT2D eigenvalue weighted by molar-refractivity contribution is 5.79. The van der Waals surface area contributed by atoms with E-state index in [9.17, 15) is 0 Å². The Morgan fingerprint density at radius 2 is 2.07 bits per heavy atom. The molecule has 2 N–H and O–H groups in total. The maximum Gasteiger partial charge on any atom is 0.191 e. The van der Waals surface area contributed by atoms with Gasteiger partial charge in [0.2, 0.25) is 0 Å². The molecule has 0 spiro atoms. The van der Waals surface area contributed by atoms with Crippen molar-refractivity contribution in [3.63, 3.8) is 0 Å². The van der Waals surface area contributed by atoms with Gasteiger partial charge in [0, 0.05) is 33.4 Å². The van der Waals surface area contributed by atoms with Gasteiger partial charge < -0.3 is 24.7 Å². The Labute approximate surface area is 174 Å². The average Bonchev–Trinajstić information content (AvgIpc) is 3.48. The van der Waals surface area contributed by atoms with Gasteiger partial charge in [0.1, 0.15) is 12.4 Å². The number of aryl methyl sites for hydroxylation is 1. The van der Waals surface area contributed by atoms with Gasteiger partial charge in [0.25, 0.3) is 0 Å². The maximum absolute atomic E-state index is 6.05. The van der Waals surface area contributed by atoms with Crippen molar-refractivity contribution in [2.75, 3.05) is 26.3 Å². The largest absolute Gasteiger partial charge is 0.378 e. The van der Waals surface area contributed by atoms with Gasteiger partial charge in [-0.05, 0) is 51.9 Å². The molecule has 2 aliphatic rings. The lowest BCUT2D eigenvalue weighted by Crippen LogP contribution is -2.42. The van der Waals surface area contributed by atoms with Crippen LogP contribution >= 0.6 is 0 Å². The van der Waals surface area contributed by atoms with Gasteiger partial charge in [-0.3, -0.25) is 0 Å². The van der Waals surface area contributed by atoms with Gasteiger partial charge in [0.05, 0.1) is 12.2 Å². The van der Waals surface area contributed by atoms with E-state index in [1.807, 2.05) is 18.5 Å². The van der Waals surface area contributed by atoms with Crippen molar-refractivity contribution in [3.05, 3.63) is 11.6 Å². The number of hydrogen-bond acceptors (Lipinski definition) is 5. The summed E-state index contributed by atoms with van der Waals surface area (Å²) in [6.07, 6.45) is 9.15. The number of aliphatic imine (C=N–C) groups is 1. The fraction of sp³-hybridized carbons (Fsp3) is 0.857. The van der Waals surface area contributed by atoms with E-state index in [1.165, 1.54) is 25.7 Å². The van der Waals surface area contributed by atoms with E-state index in [1.54, 1.807) is 0 Å². The first-order valence-electron chi connectivity index (χ1n) is 11.3. The fourth-order valence-corrected chi connectivity index (χ4v) is 4.26. The minimum Gasteiger partial charge on any atom is -0.378 e. The van der Waals surface area contributed by atoms with Crippen LogP contribution in [0.1, 0.15) is 63.5 Å². The smallest absolute Gasteiger partial charge is 0.191 e. The van der Waals surface area contributed by atoms with Crippen LogP contribution in [0.4, 0.5) is 0 Å². The highest BCUT2D eigenvalue weighted by atomic mass is 16.5. The number of rotatable bonds is 10. The first kappa shape index (κ1) is 22.0. The van der Waals surface area contributed by atoms with Gasteiger partial charge in [-0.2, -0.15) is 0 Å². The molecule has 1 aliphatic carbocycles. The number of aromatic nitrogens is 3. The molecular formula is C21H38N6O2. The number of hydrogen-bond donors (Lipinski definition) is 2. The van der Waals surface area contributed by atoms with E-state index in [2.05, 4.69) is 27.8 Å². The van der Waals surface area contributed by atoms with Crippen molar-refractivity contribution in [2.45, 2.75) is 77.5 Å². The molecule has 164 valence electrons. The van der Waals surface area contributed by atoms with Crippen LogP contribution in [0.3, 0.4) is 0 Å². The predicted octanol–water partition coefficient (Wildman–Crippen LogP) is 2.32. The minimum atomic E-state index is 0.272. The topological polar surface area (TPSA) is 85.6 Å². The third-order valence-corrected chi connectivity index (χ3v) is 6.11. The van der Waals surface area contributed by atoms with E-state index in [0.29, 0.717) is 18.6 Å². The van der Waals surface area contributed by atoms with Crippen LogP contribution in [0.2, 0.25) is 0 Å². The predicted molar refractivity (Wildman–Crippen MR) is 114 cm³/mol. The van der Waals surface area contributed by atoms with Crippen molar-refractivity contribution in [1.29, 1.82) is 0 Å². The minimum absolute atomic E-state index is 0.272. The van der Waals surface area contributed by atoms with Crippen LogP contribution in [0.15, 0.2) is 4.99 Å². The molecule has 8 nitrogen and oxygen atoms in total. The number of nitrogens with zero attached hydrogens (tertiary/aromatic N) is 4. The van der Waals surface area contributed by atoms with Crippen molar-refractivity contribution in [1.82, 2.24) is 25.4 Å². The van der Waals surface area contributed by atoms with Crippen LogP contribution in [-0.4, -0.2) is 59.2 Å². The average molecular weight is 407 g/mol. The number of guanidine groups is 1. The monoisotopic (exact) mass is 406 g/mol. The van der Waals surface area contributed by atoms with Crippen molar-refractivity contribution >= 4 is 5.96 Å². The summed E-state index contributed by atoms with van der Waals surface area (Å²) in [6.45, 7) is 7.81. The summed E-state index contributed by atoms with van der Waals surface area (Å²) >= 11 is 0. The van der Waals surface area contributed by atoms with Crippen LogP contribution in [-0.2, 0) is 23.1 Å². The number of ether oxygens (including phenoxy) is 2. The molecule has 2 fully saturated rings. The molecule has 3 rings (SSSR count). The molecule has 0 bridgehead atoms. The Kier molecular flexibility index (Phi) is 8.73. The summed E-state index contributed by atoms with van der Waals surface area (Å²) in [5.41, 5.74) is 0. The fourth-order valence-electron chi connectivity index (χ4n) is 4.26. The lowest BCUT2D eigenvalue weighted by atomic mass is 9.98. The van der Waals surface area contributed by atoms with E-state index in [0.717, 1.165) is 63.2 Å². The third kappa shape index (κ3) is 6.67. The quantitative estimate of drug-likeness (QED) is 0.458. The molecular weight excluding hydrogens is 368 g/mol. The Hall–Kier alpha value is -1.67. The highest BCUT2D eigenvalue weighted by Gasteiger charge is 2.25. The zero-order valence-electron chi connectivity index (χ0n) is 18.3. The summed E-state index contributed by atoms with van der Waals surface area (Å²) in [6, 6.07) is 0. The van der Waals surface area contributed by atoms with Gasteiger partial charge in [0.15, 0.2) is 11.8 Å². The normalized spacial score (nSPS) is 21.6. The summed E-state index contributed by atoms with van der Waals surface area (Å²) in [5, 5.41) is 15.3. The maximum atomic E-state index is 6.05. The lowest BCUT2D eigenvalue weighted by molar-refractivity contribution is 0.0169. The van der Waals surface area contributed by atoms with Crippen LogP contribution in [0.25, 0.3) is 0 Å². The molecule has 1 aliphatic heterocycles. The van der Waals surface area contributed by atoms with Gasteiger partial charge in [-0.25, -0.2) is 4.99 Å². The van der Waals surface area contributed by atoms with Gasteiger partial charge in [-0.15, -0.1) is 10.2 Å². The van der Waals surface area contributed by atoms with E-state index < -0.39 is 0 Å². The molecule has 0 aromatic carbocycles. The molecule has 8 heteroatoms. The summed E-state index contributed by atoms with van der Waals surface area (Å²) in [4.78, 5) is 4.74. The molecule has 0 radical (unpaired) electrons. The first-order valence-corrected chi connectivity index (χ1v) is 11.3. The molecule has 29 heavy (non-hydrogen) atoms. The van der Waals surface area contributed by atoms with E-state index in [-0.39, 0.29) is 6.10 Å². The first-order chi connectivity index (χ1) is 14.2. The van der Waals surface area contributed by atoms with Gasteiger partial charge in [-0.1, -0.05) is 12.8 Å². The highest BCUT2D eigenvalue weighted by Crippen LogP contribution is 2.30. The molecule has 0 amide bonds. The zero-order valence-corrected chi connectivity index (χ0v) is 18.3. The van der Waals surface area contributed by atoms with Crippen LogP contribution in [0.5, 0.6) is 0 Å². The van der Waals surface area contributed by atoms with Crippen molar-refractivity contribution < 1.29 is 9.47 Å². The molecule has 2 atom stereocenters. The molecule has 1 saturated heterocycles. The third-order valence-electron chi connectivity index (χ3n) is 6.11. The summed E-state index contributed by atoms with van der Waals surface area (Å²) in [5.74, 6) is 3.27. The second-order valence-electron chi connectivity index (χ2n) is 8.16. The molecule has 1 aromatic heterocycles. The van der Waals surface area contributed by atoms with Crippen molar-refractivity contribution in [2.24, 2.45) is 18.0 Å². The molecule has 1 aromatic rings. The summed E-state index contributed by atoms with van der Waals surface area (Å²) < 4.78 is 13.8. The Morgan fingerprint density at radius 1 is 1.24 bits per heavy atom. The van der Waals surface area contributed by atoms with E-state index >= 15 is 0 Å². The SMILES string of the molecule is CCOC(CCNC(=NCc1nnc(C)n1C)NCC1CCCO1)C1CCCC1. The second-order valence-corrected chi connectivity index (χ2v) is 8.16. The number of nitrogens with one attached hydrogen (secondary N) is 2. The molecule has 2 heterocycles. The van der Waals surface area contributed by atoms with Crippen LogP contribution < -0.4 is 10.6 Å². The lowest BCUT2D eigenvalue weighted by Gasteiger charge is -2.24. The molecule has 1 saturated carbocycles. The zero-order chi connectivity index (χ0) is 20.5. The van der Waals surface area contributed by atoms with E-state index in [4.69, 9.17) is 14.5 Å². The standard InChI is InChI=1S/C21H38N6O2/c1-4-28-19(17-8-5-6-9-17)11-12-22-21(23-14-18-10-7-13-29-18)24-15-20-26-25-16(2)27(20)3/h17-19H,4-15H2,1-3H3,(H2,22,23,24).